The van der Waals surface area contributed by atoms with E-state index in [9.17, 15) is 14.7 Å². The van der Waals surface area contributed by atoms with E-state index in [1.165, 1.54) is 0 Å². The number of ether oxygens (including phenoxy) is 1. The van der Waals surface area contributed by atoms with E-state index in [0.717, 1.165) is 22.4 Å². The third-order valence-electron chi connectivity index (χ3n) is 9.42. The molecule has 2 unspecified atom stereocenters. The molecule has 0 radical (unpaired) electrons. The van der Waals surface area contributed by atoms with Gasteiger partial charge in [-0.3, -0.25) is 14.4 Å². The highest BCUT2D eigenvalue weighted by atomic mass is 32.2. The van der Waals surface area contributed by atoms with E-state index >= 15 is 4.79 Å². The number of thioether (sulfide) groups is 1. The third-order valence-corrected chi connectivity index (χ3v) is 11.4. The van der Waals surface area contributed by atoms with Crippen LogP contribution in [0.25, 0.3) is 0 Å². The van der Waals surface area contributed by atoms with Gasteiger partial charge in [-0.15, -0.1) is 24.9 Å². The molecule has 2 bridgehead atoms. The number of aryl methyl sites for hydroxylation is 2. The van der Waals surface area contributed by atoms with Crippen LogP contribution in [-0.2, 0) is 25.5 Å². The first-order chi connectivity index (χ1) is 20.6. The molecule has 7 nitrogen and oxygen atoms in total. The van der Waals surface area contributed by atoms with Crippen molar-refractivity contribution in [3.63, 3.8) is 0 Å². The Balaban J connectivity index is 1.62. The lowest BCUT2D eigenvalue weighted by Gasteiger charge is -2.40. The normalized spacial score (nSPS) is 28.0. The number of nitrogens with zero attached hydrogens (tertiary/aromatic N) is 2. The van der Waals surface area contributed by atoms with E-state index in [1.54, 1.807) is 33.7 Å². The Morgan fingerprint density at radius 2 is 1.91 bits per heavy atom. The molecule has 3 fully saturated rings. The Labute approximate surface area is 259 Å². The van der Waals surface area contributed by atoms with E-state index < -0.39 is 39.4 Å². The lowest BCUT2D eigenvalue weighted by molar-refractivity contribution is -0.156. The number of carbonyl (C=O) groups is 3. The number of benzene rings is 2. The average Bonchev–Trinajstić information content (AvgIpc) is 3.57. The number of hydrogen-bond acceptors (Lipinski definition) is 6. The van der Waals surface area contributed by atoms with Crippen LogP contribution < -0.4 is 4.90 Å². The molecular formula is C35H42N2O5S. The monoisotopic (exact) mass is 602 g/mol. The summed E-state index contributed by atoms with van der Waals surface area (Å²) in [5, 5.41) is 10.8. The second kappa shape index (κ2) is 12.3. The first-order valence-corrected chi connectivity index (χ1v) is 15.9. The van der Waals surface area contributed by atoms with Crippen LogP contribution >= 0.6 is 11.8 Å². The lowest BCUT2D eigenvalue weighted by Crippen LogP contribution is -2.58. The van der Waals surface area contributed by atoms with Crippen LogP contribution in [0, 0.1) is 25.7 Å². The topological polar surface area (TPSA) is 87.1 Å². The molecule has 1 N–H and O–H groups in total. The minimum Gasteiger partial charge on any atom is -0.465 e. The molecule has 2 aromatic carbocycles. The van der Waals surface area contributed by atoms with Gasteiger partial charge in [-0.2, -0.15) is 0 Å². The molecule has 3 saturated heterocycles. The Kier molecular flexibility index (Phi) is 8.91. The first kappa shape index (κ1) is 31.1. The zero-order valence-electron chi connectivity index (χ0n) is 25.3. The molecule has 3 heterocycles. The highest BCUT2D eigenvalue weighted by Crippen LogP contribution is 2.72. The summed E-state index contributed by atoms with van der Waals surface area (Å²) in [5.74, 6) is -2.28. The van der Waals surface area contributed by atoms with Gasteiger partial charge in [0.05, 0.1) is 35.8 Å². The third kappa shape index (κ3) is 5.33. The number of likely N-dealkylation sites (tertiary alicyclic amines) is 1. The molecule has 6 atom stereocenters. The summed E-state index contributed by atoms with van der Waals surface area (Å²) >= 11 is 1.61. The van der Waals surface area contributed by atoms with Crippen molar-refractivity contribution in [1.29, 1.82) is 0 Å². The molecule has 0 saturated carbocycles. The Hall–Kier alpha value is -3.36. The summed E-state index contributed by atoms with van der Waals surface area (Å²) in [5.41, 5.74) is 3.68. The van der Waals surface area contributed by atoms with Crippen molar-refractivity contribution < 1.29 is 24.2 Å². The van der Waals surface area contributed by atoms with Crippen molar-refractivity contribution in [2.24, 2.45) is 11.8 Å². The van der Waals surface area contributed by atoms with Crippen molar-refractivity contribution in [2.75, 3.05) is 24.7 Å². The van der Waals surface area contributed by atoms with Crippen molar-refractivity contribution in [2.45, 2.75) is 68.0 Å². The van der Waals surface area contributed by atoms with Crippen molar-refractivity contribution in [3.05, 3.63) is 90.5 Å². The van der Waals surface area contributed by atoms with Crippen LogP contribution in [0.2, 0.25) is 0 Å². The van der Waals surface area contributed by atoms with Gasteiger partial charge in [0.25, 0.3) is 5.91 Å². The quantitative estimate of drug-likeness (QED) is 0.209. The minimum atomic E-state index is -0.872. The molecule has 5 rings (SSSR count). The number of anilines is 1. The highest BCUT2D eigenvalue weighted by Gasteiger charge is 2.78. The van der Waals surface area contributed by atoms with Gasteiger partial charge in [0.1, 0.15) is 6.04 Å². The van der Waals surface area contributed by atoms with E-state index in [4.69, 9.17) is 4.74 Å². The molecular weight excluding hydrogens is 560 g/mol. The number of rotatable bonds is 12. The zero-order chi connectivity index (χ0) is 30.9. The molecule has 0 aliphatic carbocycles. The minimum absolute atomic E-state index is 0.201. The molecule has 228 valence electrons. The zero-order valence-corrected chi connectivity index (χ0v) is 26.1. The van der Waals surface area contributed by atoms with E-state index in [2.05, 4.69) is 13.2 Å². The Morgan fingerprint density at radius 1 is 1.16 bits per heavy atom. The summed E-state index contributed by atoms with van der Waals surface area (Å²) in [6.07, 6.45) is 5.61. The van der Waals surface area contributed by atoms with E-state index in [0.29, 0.717) is 25.7 Å². The second-order valence-corrected chi connectivity index (χ2v) is 14.2. The second-order valence-electron chi connectivity index (χ2n) is 12.3. The van der Waals surface area contributed by atoms with Gasteiger partial charge in [-0.1, -0.05) is 54.6 Å². The molecule has 3 aliphatic rings. The van der Waals surface area contributed by atoms with Gasteiger partial charge in [0.2, 0.25) is 5.91 Å². The van der Waals surface area contributed by atoms with Crippen molar-refractivity contribution in [1.82, 2.24) is 4.90 Å². The summed E-state index contributed by atoms with van der Waals surface area (Å²) in [6.45, 7) is 13.8. The standard InChI is InChI=1S/C35H42N2O5S/c1-6-8-19-42-33(41)29-28-31(39)37(26(22-38)21-25-12-10-9-11-13-25)30(35(28)17-16-34(29,5)43-35)32(40)36(18-7-2)27-20-23(3)14-15-24(27)4/h6-7,9-15,20,26,28-30,38H,1-2,8,16-19,21-22H2,3-5H3/t26-,28+,29-,30?,34+,35?/m1/s1. The number of aliphatic hydroxyl groups excluding tert-OH is 1. The van der Waals surface area contributed by atoms with Crippen molar-refractivity contribution in [3.8, 4) is 0 Å². The van der Waals surface area contributed by atoms with Gasteiger partial charge in [-0.25, -0.2) is 0 Å². The van der Waals surface area contributed by atoms with Crippen LogP contribution in [0.1, 0.15) is 42.9 Å². The Morgan fingerprint density at radius 3 is 2.58 bits per heavy atom. The fraction of sp³-hybridized carbons (Fsp3) is 0.457. The molecule has 2 aromatic rings. The number of carbonyl (C=O) groups excluding carboxylic acids is 3. The summed E-state index contributed by atoms with van der Waals surface area (Å²) in [7, 11) is 0. The van der Waals surface area contributed by atoms with Crippen LogP contribution in [0.4, 0.5) is 5.69 Å². The number of esters is 1. The number of fused-ring (bicyclic) bond motifs is 1. The van der Waals surface area contributed by atoms with Crippen LogP contribution in [0.3, 0.4) is 0 Å². The molecule has 3 aliphatic heterocycles. The van der Waals surface area contributed by atoms with Gasteiger partial charge < -0.3 is 19.6 Å². The smallest absolute Gasteiger partial charge is 0.311 e. The van der Waals surface area contributed by atoms with Gasteiger partial charge in [0.15, 0.2) is 0 Å². The lowest BCUT2D eigenvalue weighted by atomic mass is 9.66. The van der Waals surface area contributed by atoms with Gasteiger partial charge in [-0.05, 0) is 69.2 Å². The molecule has 8 heteroatoms. The average molecular weight is 603 g/mol. The van der Waals surface area contributed by atoms with E-state index in [-0.39, 0.29) is 31.6 Å². The predicted octanol–water partition coefficient (Wildman–Crippen LogP) is 5.03. The number of aliphatic hydroxyl groups is 1. The van der Waals surface area contributed by atoms with Gasteiger partial charge in [0, 0.05) is 17.0 Å². The SMILES string of the molecule is C=CCCOC(=O)[C@H]1[C@H]2C(=O)N([C@@H](CO)Cc3ccccc3)C(C(=O)N(CC=C)c3cc(C)ccc3C)C23CC[C@]1(C)S3. The number of hydrogen-bond donors (Lipinski definition) is 1. The summed E-state index contributed by atoms with van der Waals surface area (Å²) < 4.78 is 4.32. The van der Waals surface area contributed by atoms with Crippen LogP contribution in [0.15, 0.2) is 73.8 Å². The maximum absolute atomic E-state index is 15.0. The summed E-state index contributed by atoms with van der Waals surface area (Å²) in [4.78, 5) is 46.7. The number of amides is 2. The predicted molar refractivity (Wildman–Crippen MR) is 171 cm³/mol. The van der Waals surface area contributed by atoms with Gasteiger partial charge >= 0.3 is 5.97 Å². The van der Waals surface area contributed by atoms with Crippen LogP contribution in [-0.4, -0.2) is 69.1 Å². The fourth-order valence-electron chi connectivity index (χ4n) is 7.46. The molecule has 1 spiro atoms. The maximum Gasteiger partial charge on any atom is 0.311 e. The molecule has 0 aromatic heterocycles. The van der Waals surface area contributed by atoms with Crippen LogP contribution in [0.5, 0.6) is 0 Å². The molecule has 2 amide bonds. The maximum atomic E-state index is 15.0. The largest absolute Gasteiger partial charge is 0.465 e. The molecule has 43 heavy (non-hydrogen) atoms. The summed E-state index contributed by atoms with van der Waals surface area (Å²) in [6, 6.07) is 14.2. The Bertz CT molecular complexity index is 1410. The fourth-order valence-corrected chi connectivity index (χ4v) is 9.78. The highest BCUT2D eigenvalue weighted by molar-refractivity contribution is 8.02. The van der Waals surface area contributed by atoms with E-state index in [1.807, 2.05) is 69.3 Å². The van der Waals surface area contributed by atoms with Crippen molar-refractivity contribution >= 4 is 35.2 Å². The first-order valence-electron chi connectivity index (χ1n) is 15.1.